The standard InChI is InChI=1S/C26H31N5O5S/c1-15(2)16-5-9-18(10-6-16)31(26(34)23-20(27)21(24(28)32)30-37-23)22(25(33)29-13-14-35-3)17-7-11-19(36-4)12-8-17/h5-12,15,22H,13-14,27H2,1-4H3,(H2,28,32)(H,29,33)/t22-/m1/s1. The molecule has 0 spiro atoms. The predicted octanol–water partition coefficient (Wildman–Crippen LogP) is 3.11. The average molecular weight is 526 g/mol. The summed E-state index contributed by atoms with van der Waals surface area (Å²) in [5, 5.41) is 2.83. The van der Waals surface area contributed by atoms with Crippen LogP contribution >= 0.6 is 11.5 Å². The number of anilines is 2. The van der Waals surface area contributed by atoms with Gasteiger partial charge in [-0.05, 0) is 52.8 Å². The average Bonchev–Trinajstić information content (AvgIpc) is 3.28. The van der Waals surface area contributed by atoms with Crippen LogP contribution in [-0.2, 0) is 9.53 Å². The Kier molecular flexibility index (Phi) is 9.20. The first-order valence-electron chi connectivity index (χ1n) is 11.6. The summed E-state index contributed by atoms with van der Waals surface area (Å²) in [6.07, 6.45) is 0. The summed E-state index contributed by atoms with van der Waals surface area (Å²) in [7, 11) is 3.07. The third kappa shape index (κ3) is 6.25. The largest absolute Gasteiger partial charge is 0.497 e. The SMILES string of the molecule is COCCNC(=O)[C@@H](c1ccc(OC)cc1)N(C(=O)c1snc(C(N)=O)c1N)c1ccc(C(C)C)cc1. The number of carbonyl (C=O) groups excluding carboxylic acids is 3. The van der Waals surface area contributed by atoms with Crippen LogP contribution in [-0.4, -0.2) is 49.5 Å². The maximum atomic E-state index is 14.0. The van der Waals surface area contributed by atoms with E-state index in [1.54, 1.807) is 43.5 Å². The van der Waals surface area contributed by atoms with Gasteiger partial charge in [-0.1, -0.05) is 38.1 Å². The number of rotatable bonds is 11. The van der Waals surface area contributed by atoms with Crippen molar-refractivity contribution in [2.75, 3.05) is 38.0 Å². The van der Waals surface area contributed by atoms with E-state index in [0.717, 1.165) is 17.1 Å². The number of carbonyl (C=O) groups is 3. The summed E-state index contributed by atoms with van der Waals surface area (Å²) in [6.45, 7) is 4.65. The smallest absolute Gasteiger partial charge is 0.273 e. The molecule has 3 rings (SSSR count). The molecule has 0 saturated heterocycles. The van der Waals surface area contributed by atoms with Crippen LogP contribution < -0.4 is 26.4 Å². The first-order chi connectivity index (χ1) is 17.7. The number of methoxy groups -OCH3 is 2. The van der Waals surface area contributed by atoms with Gasteiger partial charge in [0.1, 0.15) is 16.7 Å². The highest BCUT2D eigenvalue weighted by atomic mass is 32.1. The van der Waals surface area contributed by atoms with Gasteiger partial charge >= 0.3 is 0 Å². The molecule has 0 saturated carbocycles. The van der Waals surface area contributed by atoms with Crippen molar-refractivity contribution >= 4 is 40.6 Å². The van der Waals surface area contributed by atoms with Crippen LogP contribution in [0.1, 0.15) is 57.1 Å². The highest BCUT2D eigenvalue weighted by Crippen LogP contribution is 2.34. The number of hydrogen-bond acceptors (Lipinski definition) is 8. The van der Waals surface area contributed by atoms with E-state index in [2.05, 4.69) is 23.5 Å². The van der Waals surface area contributed by atoms with Crippen molar-refractivity contribution in [3.05, 3.63) is 70.2 Å². The van der Waals surface area contributed by atoms with E-state index in [0.29, 0.717) is 23.6 Å². The van der Waals surface area contributed by atoms with Crippen molar-refractivity contribution in [2.45, 2.75) is 25.8 Å². The molecular weight excluding hydrogens is 494 g/mol. The topological polar surface area (TPSA) is 150 Å². The molecule has 37 heavy (non-hydrogen) atoms. The number of primary amides is 1. The Hall–Kier alpha value is -3.96. The number of nitrogens with zero attached hydrogens (tertiary/aromatic N) is 2. The zero-order valence-corrected chi connectivity index (χ0v) is 22.0. The molecule has 3 aromatic rings. The summed E-state index contributed by atoms with van der Waals surface area (Å²) in [4.78, 5) is 40.7. The molecule has 3 amide bonds. The first kappa shape index (κ1) is 27.6. The molecular formula is C26H31N5O5S. The van der Waals surface area contributed by atoms with E-state index in [4.69, 9.17) is 20.9 Å². The van der Waals surface area contributed by atoms with Gasteiger partial charge in [0, 0.05) is 19.3 Å². The molecule has 0 aliphatic heterocycles. The van der Waals surface area contributed by atoms with Gasteiger partial charge in [-0.2, -0.15) is 4.37 Å². The molecule has 11 heteroatoms. The van der Waals surface area contributed by atoms with E-state index in [-0.39, 0.29) is 28.7 Å². The molecule has 1 atom stereocenters. The van der Waals surface area contributed by atoms with Crippen molar-refractivity contribution in [1.29, 1.82) is 0 Å². The minimum absolute atomic E-state index is 0.00457. The van der Waals surface area contributed by atoms with Crippen molar-refractivity contribution < 1.29 is 23.9 Å². The van der Waals surface area contributed by atoms with Gasteiger partial charge in [-0.15, -0.1) is 0 Å². The van der Waals surface area contributed by atoms with Crippen molar-refractivity contribution in [1.82, 2.24) is 9.69 Å². The summed E-state index contributed by atoms with van der Waals surface area (Å²) in [5.41, 5.74) is 13.2. The third-order valence-electron chi connectivity index (χ3n) is 5.76. The normalized spacial score (nSPS) is 11.7. The minimum atomic E-state index is -1.08. The van der Waals surface area contributed by atoms with Gasteiger partial charge in [0.15, 0.2) is 5.69 Å². The molecule has 0 aliphatic carbocycles. The lowest BCUT2D eigenvalue weighted by molar-refractivity contribution is -0.122. The van der Waals surface area contributed by atoms with Crippen molar-refractivity contribution in [2.24, 2.45) is 5.73 Å². The van der Waals surface area contributed by atoms with E-state index in [1.807, 2.05) is 12.1 Å². The lowest BCUT2D eigenvalue weighted by atomic mass is 10.00. The van der Waals surface area contributed by atoms with Crippen molar-refractivity contribution in [3.63, 3.8) is 0 Å². The second kappa shape index (κ2) is 12.3. The molecule has 10 nitrogen and oxygen atoms in total. The van der Waals surface area contributed by atoms with Gasteiger partial charge in [0.05, 0.1) is 19.4 Å². The molecule has 0 aliphatic rings. The van der Waals surface area contributed by atoms with Crippen LogP contribution in [0.25, 0.3) is 0 Å². The van der Waals surface area contributed by atoms with E-state index in [9.17, 15) is 14.4 Å². The summed E-state index contributed by atoms with van der Waals surface area (Å²) in [5.74, 6) is -1.00. The Morgan fingerprint density at radius 2 is 1.65 bits per heavy atom. The Labute approximate surface area is 219 Å². The highest BCUT2D eigenvalue weighted by Gasteiger charge is 2.36. The number of nitrogen functional groups attached to an aromatic ring is 1. The van der Waals surface area contributed by atoms with E-state index >= 15 is 0 Å². The predicted molar refractivity (Wildman–Crippen MR) is 143 cm³/mol. The lowest BCUT2D eigenvalue weighted by Crippen LogP contribution is -2.44. The maximum absolute atomic E-state index is 14.0. The van der Waals surface area contributed by atoms with Gasteiger partial charge in [0.2, 0.25) is 5.91 Å². The monoisotopic (exact) mass is 525 g/mol. The fraction of sp³-hybridized carbons (Fsp3) is 0.308. The molecule has 0 radical (unpaired) electrons. The number of nitrogens with two attached hydrogens (primary N) is 2. The number of amides is 3. The first-order valence-corrected chi connectivity index (χ1v) is 12.4. The Morgan fingerprint density at radius 1 is 1.03 bits per heavy atom. The number of hydrogen-bond donors (Lipinski definition) is 3. The Bertz CT molecular complexity index is 1240. The van der Waals surface area contributed by atoms with Gasteiger partial charge < -0.3 is 26.3 Å². The van der Waals surface area contributed by atoms with Crippen LogP contribution in [0, 0.1) is 0 Å². The molecule has 0 unspecified atom stereocenters. The van der Waals surface area contributed by atoms with Gasteiger partial charge in [-0.3, -0.25) is 19.3 Å². The van der Waals surface area contributed by atoms with Crippen LogP contribution in [0.4, 0.5) is 11.4 Å². The third-order valence-corrected chi connectivity index (χ3v) is 6.61. The fourth-order valence-electron chi connectivity index (χ4n) is 3.72. The second-order valence-electron chi connectivity index (χ2n) is 8.52. The minimum Gasteiger partial charge on any atom is -0.497 e. The van der Waals surface area contributed by atoms with E-state index < -0.39 is 23.8 Å². The summed E-state index contributed by atoms with van der Waals surface area (Å²) in [6, 6.07) is 13.1. The van der Waals surface area contributed by atoms with Crippen LogP contribution in [0.3, 0.4) is 0 Å². The number of ether oxygens (including phenoxy) is 2. The molecule has 2 aromatic carbocycles. The molecule has 1 heterocycles. The zero-order valence-electron chi connectivity index (χ0n) is 21.2. The van der Waals surface area contributed by atoms with Crippen molar-refractivity contribution in [3.8, 4) is 5.75 Å². The summed E-state index contributed by atoms with van der Waals surface area (Å²) < 4.78 is 14.3. The summed E-state index contributed by atoms with van der Waals surface area (Å²) >= 11 is 0.757. The quantitative estimate of drug-likeness (QED) is 0.326. The molecule has 196 valence electrons. The Morgan fingerprint density at radius 3 is 2.16 bits per heavy atom. The second-order valence-corrected chi connectivity index (χ2v) is 9.29. The van der Waals surface area contributed by atoms with Crippen LogP contribution in [0.5, 0.6) is 5.75 Å². The Balaban J connectivity index is 2.18. The maximum Gasteiger partial charge on any atom is 0.273 e. The van der Waals surface area contributed by atoms with E-state index in [1.165, 1.54) is 12.0 Å². The molecule has 0 fully saturated rings. The fourth-order valence-corrected chi connectivity index (χ4v) is 4.46. The van der Waals surface area contributed by atoms with Gasteiger partial charge in [-0.25, -0.2) is 0 Å². The number of nitrogens with one attached hydrogen (secondary N) is 1. The molecule has 5 N–H and O–H groups in total. The molecule has 1 aromatic heterocycles. The highest BCUT2D eigenvalue weighted by molar-refractivity contribution is 7.09. The lowest BCUT2D eigenvalue weighted by Gasteiger charge is -2.31. The number of aromatic nitrogens is 1. The van der Waals surface area contributed by atoms with Crippen LogP contribution in [0.15, 0.2) is 48.5 Å². The zero-order chi connectivity index (χ0) is 27.1. The van der Waals surface area contributed by atoms with Crippen LogP contribution in [0.2, 0.25) is 0 Å². The number of benzene rings is 2. The molecule has 0 bridgehead atoms. The van der Waals surface area contributed by atoms with Gasteiger partial charge in [0.25, 0.3) is 11.8 Å².